The van der Waals surface area contributed by atoms with Crippen LogP contribution in [0.25, 0.3) is 0 Å². The minimum atomic E-state index is -4.32. The highest BCUT2D eigenvalue weighted by Crippen LogP contribution is 2.29. The highest BCUT2D eigenvalue weighted by atomic mass is 19.4. The van der Waals surface area contributed by atoms with E-state index in [0.717, 1.165) is 12.1 Å². The second kappa shape index (κ2) is 4.37. The van der Waals surface area contributed by atoms with Crippen LogP contribution in [-0.4, -0.2) is 25.1 Å². The quantitative estimate of drug-likeness (QED) is 0.862. The standard InChI is InChI=1S/C11H11F3N2O/c12-11(13,14)8-3-1-7(2-4-8)10-16-9(5-15)6-17-10/h1-4,9H,5-6,15H2. The zero-order chi connectivity index (χ0) is 12.5. The molecule has 0 spiro atoms. The van der Waals surface area contributed by atoms with Crippen LogP contribution in [0.3, 0.4) is 0 Å². The summed E-state index contributed by atoms with van der Waals surface area (Å²) in [5.74, 6) is 0.356. The van der Waals surface area contributed by atoms with Gasteiger partial charge in [0, 0.05) is 12.1 Å². The molecule has 2 rings (SSSR count). The molecule has 6 heteroatoms. The SMILES string of the molecule is NCC1COC(c2ccc(C(F)(F)F)cc2)=N1. The van der Waals surface area contributed by atoms with Crippen molar-refractivity contribution in [1.29, 1.82) is 0 Å². The van der Waals surface area contributed by atoms with Gasteiger partial charge in [0.15, 0.2) is 0 Å². The van der Waals surface area contributed by atoms with Gasteiger partial charge in [-0.25, -0.2) is 4.99 Å². The lowest BCUT2D eigenvalue weighted by Crippen LogP contribution is -2.18. The molecule has 1 unspecified atom stereocenters. The summed E-state index contributed by atoms with van der Waals surface area (Å²) in [7, 11) is 0. The Morgan fingerprint density at radius 1 is 1.29 bits per heavy atom. The molecule has 1 heterocycles. The number of hydrogen-bond donors (Lipinski definition) is 1. The lowest BCUT2D eigenvalue weighted by Gasteiger charge is -2.07. The number of nitrogens with two attached hydrogens (primary N) is 1. The summed E-state index contributed by atoms with van der Waals surface area (Å²) in [4.78, 5) is 4.16. The van der Waals surface area contributed by atoms with Crippen LogP contribution >= 0.6 is 0 Å². The first-order valence-corrected chi connectivity index (χ1v) is 5.09. The van der Waals surface area contributed by atoms with E-state index in [1.54, 1.807) is 0 Å². The molecule has 1 aliphatic rings. The molecule has 1 aromatic rings. The average Bonchev–Trinajstić information content (AvgIpc) is 2.76. The predicted octanol–water partition coefficient (Wildman–Crippen LogP) is 1.81. The van der Waals surface area contributed by atoms with E-state index in [1.165, 1.54) is 12.1 Å². The van der Waals surface area contributed by atoms with Gasteiger partial charge >= 0.3 is 6.18 Å². The van der Waals surface area contributed by atoms with Crippen LogP contribution in [0.2, 0.25) is 0 Å². The summed E-state index contributed by atoms with van der Waals surface area (Å²) in [6.45, 7) is 0.747. The number of nitrogens with zero attached hydrogens (tertiary/aromatic N) is 1. The topological polar surface area (TPSA) is 47.6 Å². The van der Waals surface area contributed by atoms with Crippen molar-refractivity contribution < 1.29 is 17.9 Å². The fourth-order valence-corrected chi connectivity index (χ4v) is 1.50. The molecule has 3 nitrogen and oxygen atoms in total. The molecule has 0 aromatic heterocycles. The maximum Gasteiger partial charge on any atom is 0.416 e. The third-order valence-corrected chi connectivity index (χ3v) is 2.44. The Bertz CT molecular complexity index is 425. The Balaban J connectivity index is 2.19. The van der Waals surface area contributed by atoms with Crippen LogP contribution in [0, 0.1) is 0 Å². The van der Waals surface area contributed by atoms with E-state index in [-0.39, 0.29) is 6.04 Å². The van der Waals surface area contributed by atoms with Gasteiger partial charge in [0.05, 0.1) is 5.56 Å². The Morgan fingerprint density at radius 3 is 2.41 bits per heavy atom. The molecule has 0 fully saturated rings. The smallest absolute Gasteiger partial charge is 0.416 e. The summed E-state index contributed by atoms with van der Waals surface area (Å²) in [5.41, 5.74) is 5.27. The van der Waals surface area contributed by atoms with Crippen LogP contribution in [-0.2, 0) is 10.9 Å². The lowest BCUT2D eigenvalue weighted by atomic mass is 10.1. The number of benzene rings is 1. The largest absolute Gasteiger partial charge is 0.475 e. The molecular formula is C11H11F3N2O. The third kappa shape index (κ3) is 2.58. The molecule has 0 saturated carbocycles. The summed E-state index contributed by atoms with van der Waals surface area (Å²) in [6, 6.07) is 4.61. The second-order valence-electron chi connectivity index (χ2n) is 3.71. The Labute approximate surface area is 96.1 Å². The van der Waals surface area contributed by atoms with Gasteiger partial charge in [-0.3, -0.25) is 0 Å². The van der Waals surface area contributed by atoms with Crippen molar-refractivity contribution in [3.8, 4) is 0 Å². The van der Waals surface area contributed by atoms with Crippen LogP contribution in [0.1, 0.15) is 11.1 Å². The number of halogens is 3. The van der Waals surface area contributed by atoms with E-state index >= 15 is 0 Å². The molecule has 1 aliphatic heterocycles. The van der Waals surface area contributed by atoms with Gasteiger partial charge in [-0.15, -0.1) is 0 Å². The molecule has 17 heavy (non-hydrogen) atoms. The van der Waals surface area contributed by atoms with Crippen LogP contribution in [0.15, 0.2) is 29.3 Å². The van der Waals surface area contributed by atoms with Crippen molar-refractivity contribution in [2.24, 2.45) is 10.7 Å². The van der Waals surface area contributed by atoms with E-state index in [9.17, 15) is 13.2 Å². The maximum absolute atomic E-state index is 12.3. The Kier molecular flexibility index (Phi) is 3.06. The minimum Gasteiger partial charge on any atom is -0.475 e. The monoisotopic (exact) mass is 244 g/mol. The predicted molar refractivity (Wildman–Crippen MR) is 56.8 cm³/mol. The summed E-state index contributed by atoms with van der Waals surface area (Å²) >= 11 is 0. The average molecular weight is 244 g/mol. The van der Waals surface area contributed by atoms with Crippen LogP contribution < -0.4 is 5.73 Å². The van der Waals surface area contributed by atoms with Gasteiger partial charge in [0.25, 0.3) is 0 Å². The molecule has 0 amide bonds. The van der Waals surface area contributed by atoms with Gasteiger partial charge in [-0.05, 0) is 24.3 Å². The highest BCUT2D eigenvalue weighted by molar-refractivity contribution is 5.95. The minimum absolute atomic E-state index is 0.104. The zero-order valence-corrected chi connectivity index (χ0v) is 8.87. The molecule has 1 atom stereocenters. The van der Waals surface area contributed by atoms with Gasteiger partial charge in [-0.2, -0.15) is 13.2 Å². The van der Waals surface area contributed by atoms with E-state index < -0.39 is 11.7 Å². The van der Waals surface area contributed by atoms with Gasteiger partial charge in [-0.1, -0.05) is 0 Å². The van der Waals surface area contributed by atoms with Crippen molar-refractivity contribution in [2.75, 3.05) is 13.2 Å². The molecule has 0 bridgehead atoms. The first kappa shape index (κ1) is 11.9. The van der Waals surface area contributed by atoms with E-state index in [2.05, 4.69) is 4.99 Å². The van der Waals surface area contributed by atoms with E-state index in [0.29, 0.717) is 24.6 Å². The maximum atomic E-state index is 12.3. The van der Waals surface area contributed by atoms with Crippen LogP contribution in [0.4, 0.5) is 13.2 Å². The number of aliphatic imine (C=N–C) groups is 1. The normalized spacial score (nSPS) is 20.0. The van der Waals surface area contributed by atoms with Gasteiger partial charge < -0.3 is 10.5 Å². The van der Waals surface area contributed by atoms with Gasteiger partial charge in [0.2, 0.25) is 5.90 Å². The molecule has 0 radical (unpaired) electrons. The summed E-state index contributed by atoms with van der Waals surface area (Å²) < 4.78 is 42.3. The first-order chi connectivity index (χ1) is 8.00. The second-order valence-corrected chi connectivity index (χ2v) is 3.71. The number of rotatable bonds is 2. The molecule has 2 N–H and O–H groups in total. The fraction of sp³-hybridized carbons (Fsp3) is 0.364. The Hall–Kier alpha value is -1.56. The molecule has 92 valence electrons. The number of alkyl halides is 3. The van der Waals surface area contributed by atoms with Gasteiger partial charge in [0.1, 0.15) is 12.6 Å². The van der Waals surface area contributed by atoms with Crippen molar-refractivity contribution in [3.05, 3.63) is 35.4 Å². The zero-order valence-electron chi connectivity index (χ0n) is 8.87. The lowest BCUT2D eigenvalue weighted by molar-refractivity contribution is -0.137. The summed E-state index contributed by atoms with van der Waals surface area (Å²) in [5, 5.41) is 0. The van der Waals surface area contributed by atoms with Crippen LogP contribution in [0.5, 0.6) is 0 Å². The molecular weight excluding hydrogens is 233 g/mol. The molecule has 1 aromatic carbocycles. The first-order valence-electron chi connectivity index (χ1n) is 5.09. The van der Waals surface area contributed by atoms with Crippen molar-refractivity contribution in [2.45, 2.75) is 12.2 Å². The Morgan fingerprint density at radius 2 is 1.94 bits per heavy atom. The molecule has 0 aliphatic carbocycles. The molecule has 0 saturated heterocycles. The van der Waals surface area contributed by atoms with E-state index in [1.807, 2.05) is 0 Å². The fourth-order valence-electron chi connectivity index (χ4n) is 1.50. The number of ether oxygens (including phenoxy) is 1. The van der Waals surface area contributed by atoms with E-state index in [4.69, 9.17) is 10.5 Å². The van der Waals surface area contributed by atoms with Crippen molar-refractivity contribution in [1.82, 2.24) is 0 Å². The van der Waals surface area contributed by atoms with Crippen molar-refractivity contribution in [3.63, 3.8) is 0 Å². The van der Waals surface area contributed by atoms with Crippen molar-refractivity contribution >= 4 is 5.90 Å². The third-order valence-electron chi connectivity index (χ3n) is 2.44. The number of hydrogen-bond acceptors (Lipinski definition) is 3. The summed E-state index contributed by atoms with van der Waals surface area (Å²) in [6.07, 6.45) is -4.32. The highest BCUT2D eigenvalue weighted by Gasteiger charge is 2.30.